The van der Waals surface area contributed by atoms with Crippen LogP contribution < -0.4 is 5.32 Å². The second-order valence-corrected chi connectivity index (χ2v) is 5.78. The zero-order valence-electron chi connectivity index (χ0n) is 12.7. The topological polar surface area (TPSA) is 52.6 Å². The number of nitrogens with one attached hydrogen (secondary N) is 1. The molecule has 1 rings (SSSR count). The van der Waals surface area contributed by atoms with Gasteiger partial charge in [-0.3, -0.25) is 9.69 Å². The van der Waals surface area contributed by atoms with Crippen molar-refractivity contribution < 1.29 is 9.90 Å². The molecular formula is C15H30N2O2. The number of hydrogen-bond acceptors (Lipinski definition) is 3. The smallest absolute Gasteiger partial charge is 0.224 e. The normalized spacial score (nSPS) is 26.1. The minimum Gasteiger partial charge on any atom is -0.392 e. The molecule has 0 aromatic heterocycles. The molecule has 4 nitrogen and oxygen atoms in total. The van der Waals surface area contributed by atoms with E-state index in [1.165, 1.54) is 0 Å². The predicted molar refractivity (Wildman–Crippen MR) is 78.0 cm³/mol. The average Bonchev–Trinajstić information content (AvgIpc) is 2.41. The van der Waals surface area contributed by atoms with Crippen molar-refractivity contribution in [2.24, 2.45) is 5.92 Å². The van der Waals surface area contributed by atoms with Gasteiger partial charge >= 0.3 is 0 Å². The van der Waals surface area contributed by atoms with Crippen LogP contribution in [0, 0.1) is 5.92 Å². The van der Waals surface area contributed by atoms with Crippen LogP contribution in [-0.4, -0.2) is 47.7 Å². The van der Waals surface area contributed by atoms with E-state index in [1.807, 2.05) is 6.92 Å². The van der Waals surface area contributed by atoms with Crippen molar-refractivity contribution in [1.29, 1.82) is 0 Å². The molecule has 1 aliphatic heterocycles. The van der Waals surface area contributed by atoms with E-state index in [4.69, 9.17) is 0 Å². The molecule has 4 heteroatoms. The number of likely N-dealkylation sites (tertiary alicyclic amines) is 1. The lowest BCUT2D eigenvalue weighted by atomic mass is 9.92. The van der Waals surface area contributed by atoms with Crippen molar-refractivity contribution >= 4 is 5.91 Å². The van der Waals surface area contributed by atoms with Gasteiger partial charge in [0.15, 0.2) is 0 Å². The molecule has 0 bridgehead atoms. The van der Waals surface area contributed by atoms with Crippen LogP contribution in [0.2, 0.25) is 0 Å². The maximum absolute atomic E-state index is 12.1. The molecule has 1 heterocycles. The Morgan fingerprint density at radius 2 is 2.16 bits per heavy atom. The molecule has 2 N–H and O–H groups in total. The summed E-state index contributed by atoms with van der Waals surface area (Å²) in [6, 6.07) is 0.473. The van der Waals surface area contributed by atoms with Crippen LogP contribution in [0.25, 0.3) is 0 Å². The Morgan fingerprint density at radius 1 is 1.42 bits per heavy atom. The fourth-order valence-corrected chi connectivity index (χ4v) is 2.58. The van der Waals surface area contributed by atoms with Gasteiger partial charge in [0, 0.05) is 25.7 Å². The minimum absolute atomic E-state index is 0.0945. The molecule has 1 fully saturated rings. The minimum atomic E-state index is -0.274. The van der Waals surface area contributed by atoms with Gasteiger partial charge in [0.05, 0.1) is 12.0 Å². The Hall–Kier alpha value is -0.610. The number of hydrogen-bond donors (Lipinski definition) is 2. The second-order valence-electron chi connectivity index (χ2n) is 5.78. The summed E-state index contributed by atoms with van der Waals surface area (Å²) >= 11 is 0. The van der Waals surface area contributed by atoms with Gasteiger partial charge in [0.1, 0.15) is 0 Å². The van der Waals surface area contributed by atoms with Gasteiger partial charge in [-0.2, -0.15) is 0 Å². The molecule has 0 aliphatic carbocycles. The van der Waals surface area contributed by atoms with Crippen LogP contribution >= 0.6 is 0 Å². The third-order valence-corrected chi connectivity index (χ3v) is 4.13. The second kappa shape index (κ2) is 8.54. The number of amides is 1. The average molecular weight is 270 g/mol. The van der Waals surface area contributed by atoms with Crippen molar-refractivity contribution in [3.8, 4) is 0 Å². The van der Waals surface area contributed by atoms with E-state index in [1.54, 1.807) is 0 Å². The summed E-state index contributed by atoms with van der Waals surface area (Å²) in [6.45, 7) is 8.58. The van der Waals surface area contributed by atoms with Crippen LogP contribution in [0.3, 0.4) is 0 Å². The fraction of sp³-hybridized carbons (Fsp3) is 0.933. The van der Waals surface area contributed by atoms with Crippen LogP contribution in [0.1, 0.15) is 52.9 Å². The molecular weight excluding hydrogens is 240 g/mol. The van der Waals surface area contributed by atoms with E-state index >= 15 is 0 Å². The maximum Gasteiger partial charge on any atom is 0.224 e. The van der Waals surface area contributed by atoms with E-state index in [0.717, 1.165) is 45.2 Å². The highest BCUT2D eigenvalue weighted by Crippen LogP contribution is 2.22. The van der Waals surface area contributed by atoms with Gasteiger partial charge in [-0.15, -0.1) is 0 Å². The Labute approximate surface area is 117 Å². The molecule has 112 valence electrons. The van der Waals surface area contributed by atoms with Gasteiger partial charge in [-0.1, -0.05) is 20.3 Å². The number of aliphatic hydroxyl groups excluding tert-OH is 1. The summed E-state index contributed by atoms with van der Waals surface area (Å²) in [4.78, 5) is 14.3. The Kier molecular flexibility index (Phi) is 7.39. The van der Waals surface area contributed by atoms with Crippen molar-refractivity contribution in [3.05, 3.63) is 0 Å². The van der Waals surface area contributed by atoms with Gasteiger partial charge in [0.2, 0.25) is 5.91 Å². The van der Waals surface area contributed by atoms with E-state index in [-0.39, 0.29) is 17.9 Å². The Morgan fingerprint density at radius 3 is 2.79 bits per heavy atom. The van der Waals surface area contributed by atoms with Gasteiger partial charge in [0.25, 0.3) is 0 Å². The lowest BCUT2D eigenvalue weighted by Crippen LogP contribution is -2.49. The SMILES string of the molecule is CCCCNC(=O)C1CCC(C)N(CC(O)CC)C1. The molecule has 0 aromatic carbocycles. The first-order valence-electron chi connectivity index (χ1n) is 7.78. The number of β-amino-alcohol motifs (C(OH)–C–C–N with tert-alkyl or cyclic N) is 1. The van der Waals surface area contributed by atoms with Crippen molar-refractivity contribution in [2.45, 2.75) is 65.0 Å². The summed E-state index contributed by atoms with van der Waals surface area (Å²) < 4.78 is 0. The quantitative estimate of drug-likeness (QED) is 0.693. The van der Waals surface area contributed by atoms with Crippen molar-refractivity contribution in [2.75, 3.05) is 19.6 Å². The number of nitrogens with zero attached hydrogens (tertiary/aromatic N) is 1. The number of aliphatic hydroxyl groups is 1. The van der Waals surface area contributed by atoms with Crippen LogP contribution in [0.4, 0.5) is 0 Å². The van der Waals surface area contributed by atoms with Crippen LogP contribution in [0.5, 0.6) is 0 Å². The van der Waals surface area contributed by atoms with Crippen molar-refractivity contribution in [1.82, 2.24) is 10.2 Å². The number of carbonyl (C=O) groups is 1. The fourth-order valence-electron chi connectivity index (χ4n) is 2.58. The number of rotatable bonds is 7. The largest absolute Gasteiger partial charge is 0.392 e. The number of unbranched alkanes of at least 4 members (excludes halogenated alkanes) is 1. The molecule has 1 amide bonds. The Balaban J connectivity index is 2.42. The number of carbonyl (C=O) groups excluding carboxylic acids is 1. The molecule has 0 spiro atoms. The summed E-state index contributed by atoms with van der Waals surface area (Å²) in [6.07, 6.45) is 4.67. The lowest BCUT2D eigenvalue weighted by molar-refractivity contribution is -0.127. The first kappa shape index (κ1) is 16.4. The standard InChI is InChI=1S/C15H30N2O2/c1-4-6-9-16-15(19)13-8-7-12(3)17(10-13)11-14(18)5-2/h12-14,18H,4-11H2,1-3H3,(H,16,19). The molecule has 0 saturated carbocycles. The maximum atomic E-state index is 12.1. The third kappa shape index (κ3) is 5.49. The third-order valence-electron chi connectivity index (χ3n) is 4.13. The summed E-state index contributed by atoms with van der Waals surface area (Å²) in [7, 11) is 0. The van der Waals surface area contributed by atoms with Crippen molar-refractivity contribution in [3.63, 3.8) is 0 Å². The van der Waals surface area contributed by atoms with Crippen LogP contribution in [-0.2, 0) is 4.79 Å². The van der Waals surface area contributed by atoms with Gasteiger partial charge in [-0.25, -0.2) is 0 Å². The van der Waals surface area contributed by atoms with E-state index in [2.05, 4.69) is 24.1 Å². The first-order chi connectivity index (χ1) is 9.08. The van der Waals surface area contributed by atoms with E-state index in [9.17, 15) is 9.90 Å². The summed E-state index contributed by atoms with van der Waals surface area (Å²) in [5, 5.41) is 12.8. The number of piperidine rings is 1. The summed E-state index contributed by atoms with van der Waals surface area (Å²) in [5.74, 6) is 0.286. The highest BCUT2D eigenvalue weighted by atomic mass is 16.3. The molecule has 3 unspecified atom stereocenters. The highest BCUT2D eigenvalue weighted by molar-refractivity contribution is 5.78. The summed E-state index contributed by atoms with van der Waals surface area (Å²) in [5.41, 5.74) is 0. The van der Waals surface area contributed by atoms with E-state index in [0.29, 0.717) is 12.6 Å². The van der Waals surface area contributed by atoms with Gasteiger partial charge in [-0.05, 0) is 32.6 Å². The van der Waals surface area contributed by atoms with E-state index < -0.39 is 0 Å². The lowest BCUT2D eigenvalue weighted by Gasteiger charge is -2.38. The highest BCUT2D eigenvalue weighted by Gasteiger charge is 2.30. The molecule has 1 aliphatic rings. The Bertz CT molecular complexity index is 271. The molecule has 19 heavy (non-hydrogen) atoms. The van der Waals surface area contributed by atoms with Crippen LogP contribution in [0.15, 0.2) is 0 Å². The molecule has 3 atom stereocenters. The predicted octanol–water partition coefficient (Wildman–Crippen LogP) is 1.77. The monoisotopic (exact) mass is 270 g/mol. The first-order valence-corrected chi connectivity index (χ1v) is 7.78. The zero-order chi connectivity index (χ0) is 14.3. The molecule has 1 saturated heterocycles. The zero-order valence-corrected chi connectivity index (χ0v) is 12.7. The van der Waals surface area contributed by atoms with Gasteiger partial charge < -0.3 is 10.4 Å². The molecule has 0 radical (unpaired) electrons. The molecule has 0 aromatic rings.